The second-order valence-electron chi connectivity index (χ2n) is 6.27. The molecule has 30 heavy (non-hydrogen) atoms. The van der Waals surface area contributed by atoms with Crippen molar-refractivity contribution in [2.45, 2.75) is 37.0 Å². The predicted molar refractivity (Wildman–Crippen MR) is 106 cm³/mol. The lowest BCUT2D eigenvalue weighted by atomic mass is 10.1. The van der Waals surface area contributed by atoms with Gasteiger partial charge in [-0.05, 0) is 18.4 Å². The maximum atomic E-state index is 10.4. The molecule has 2 aromatic heterocycles. The van der Waals surface area contributed by atoms with Crippen LogP contribution >= 0.6 is 11.8 Å². The molecule has 0 bridgehead atoms. The van der Waals surface area contributed by atoms with Gasteiger partial charge in [0.05, 0.1) is 12.9 Å². The van der Waals surface area contributed by atoms with Crippen molar-refractivity contribution in [1.82, 2.24) is 24.8 Å². The summed E-state index contributed by atoms with van der Waals surface area (Å²) in [7, 11) is 0. The lowest BCUT2D eigenvalue weighted by Crippen LogP contribution is -2.36. The van der Waals surface area contributed by atoms with E-state index in [4.69, 9.17) is 20.7 Å². The minimum absolute atomic E-state index is 0.218. The molecule has 0 aromatic carbocycles. The maximum Gasteiger partial charge on any atom is 0.326 e. The second-order valence-corrected chi connectivity index (χ2v) is 7.25. The van der Waals surface area contributed by atoms with Crippen LogP contribution in [0.2, 0.25) is 0 Å². The number of nitrogen functional groups attached to an aromatic ring is 1. The number of aromatic nitrogens is 4. The fraction of sp³-hybridized carbons (Fsp3) is 0.562. The molecular weight excluding hydrogens is 420 g/mol. The van der Waals surface area contributed by atoms with E-state index in [0.717, 1.165) is 5.75 Å². The molecule has 13 nitrogen and oxygen atoms in total. The van der Waals surface area contributed by atoms with E-state index in [2.05, 4.69) is 20.3 Å². The number of amides is 1. The SMILES string of the molecule is CSCCC(NC=O)C(=O)O.Nc1ncnc2c1ncn2[C@@H]1O[C@H](CO)[C@@H](O)[C@H]1O. The Morgan fingerprint density at radius 3 is 2.70 bits per heavy atom. The third kappa shape index (κ3) is 5.34. The minimum Gasteiger partial charge on any atom is -0.480 e. The summed E-state index contributed by atoms with van der Waals surface area (Å²) in [4.78, 5) is 32.2. The number of aliphatic hydroxyl groups is 3. The highest BCUT2D eigenvalue weighted by Crippen LogP contribution is 2.31. The Kier molecular flexibility index (Phi) is 8.73. The van der Waals surface area contributed by atoms with E-state index in [-0.39, 0.29) is 5.82 Å². The van der Waals surface area contributed by atoms with Gasteiger partial charge in [0.2, 0.25) is 6.41 Å². The van der Waals surface area contributed by atoms with Gasteiger partial charge in [0.1, 0.15) is 36.2 Å². The van der Waals surface area contributed by atoms with Gasteiger partial charge in [-0.3, -0.25) is 9.36 Å². The van der Waals surface area contributed by atoms with Crippen LogP contribution in [0.5, 0.6) is 0 Å². The first-order valence-corrected chi connectivity index (χ1v) is 10.2. The number of imidazole rings is 1. The molecule has 1 fully saturated rings. The molecule has 5 atom stereocenters. The number of nitrogens with one attached hydrogen (secondary N) is 1. The average Bonchev–Trinajstić information content (AvgIpc) is 3.28. The molecular formula is C16H24N6O7S. The summed E-state index contributed by atoms with van der Waals surface area (Å²) >= 11 is 1.55. The number of aliphatic carboxylic acids is 1. The van der Waals surface area contributed by atoms with Crippen LogP contribution in [0.1, 0.15) is 12.6 Å². The number of fused-ring (bicyclic) bond motifs is 1. The molecule has 1 amide bonds. The van der Waals surface area contributed by atoms with Crippen LogP contribution < -0.4 is 11.1 Å². The van der Waals surface area contributed by atoms with Gasteiger partial charge in [-0.25, -0.2) is 19.7 Å². The molecule has 0 radical (unpaired) electrons. The summed E-state index contributed by atoms with van der Waals surface area (Å²) in [5, 5.41) is 39.5. The number of carbonyl (C=O) groups is 2. The van der Waals surface area contributed by atoms with Gasteiger partial charge in [0, 0.05) is 0 Å². The molecule has 0 saturated carbocycles. The molecule has 166 valence electrons. The molecule has 7 N–H and O–H groups in total. The quantitative estimate of drug-likeness (QED) is 0.243. The number of carboxylic acid groups (broad SMARTS) is 1. The zero-order chi connectivity index (χ0) is 22.3. The summed E-state index contributed by atoms with van der Waals surface area (Å²) in [5.74, 6) is -0.0284. The zero-order valence-electron chi connectivity index (χ0n) is 16.0. The van der Waals surface area contributed by atoms with Gasteiger partial charge in [0.15, 0.2) is 17.7 Å². The molecule has 1 saturated heterocycles. The smallest absolute Gasteiger partial charge is 0.326 e. The summed E-state index contributed by atoms with van der Waals surface area (Å²) in [6, 6.07) is -0.736. The van der Waals surface area contributed by atoms with Crippen molar-refractivity contribution in [3.05, 3.63) is 12.7 Å². The maximum absolute atomic E-state index is 10.4. The Balaban J connectivity index is 0.000000252. The normalized spacial score (nSPS) is 24.1. The second kappa shape index (κ2) is 11.0. The van der Waals surface area contributed by atoms with Crippen LogP contribution in [0, 0.1) is 0 Å². The van der Waals surface area contributed by atoms with Crippen molar-refractivity contribution < 1.29 is 34.8 Å². The average molecular weight is 444 g/mol. The number of carboxylic acids is 1. The van der Waals surface area contributed by atoms with Crippen LogP contribution in [-0.2, 0) is 14.3 Å². The number of rotatable bonds is 8. The van der Waals surface area contributed by atoms with Gasteiger partial charge >= 0.3 is 5.97 Å². The molecule has 14 heteroatoms. The molecule has 2 aromatic rings. The lowest BCUT2D eigenvalue weighted by Gasteiger charge is -2.16. The third-order valence-corrected chi connectivity index (χ3v) is 5.00. The predicted octanol–water partition coefficient (Wildman–Crippen LogP) is -2.04. The largest absolute Gasteiger partial charge is 0.480 e. The number of carbonyl (C=O) groups excluding carboxylic acids is 1. The summed E-state index contributed by atoms with van der Waals surface area (Å²) in [6.07, 6.45) is 1.35. The van der Waals surface area contributed by atoms with Gasteiger partial charge in [-0.1, -0.05) is 0 Å². The number of aliphatic hydroxyl groups excluding tert-OH is 3. The van der Waals surface area contributed by atoms with Crippen molar-refractivity contribution in [1.29, 1.82) is 0 Å². The number of thioether (sulfide) groups is 1. The fourth-order valence-electron chi connectivity index (χ4n) is 2.76. The first-order valence-electron chi connectivity index (χ1n) is 8.82. The number of hydrogen-bond acceptors (Lipinski definition) is 11. The van der Waals surface area contributed by atoms with Crippen LogP contribution in [0.25, 0.3) is 11.2 Å². The van der Waals surface area contributed by atoms with Gasteiger partial charge in [0.25, 0.3) is 0 Å². The van der Waals surface area contributed by atoms with Gasteiger partial charge in [-0.15, -0.1) is 0 Å². The standard InChI is InChI=1S/C10H13N5O4.C6H11NO3S/c11-8-5-9(13-2-12-8)15(3-14-5)10-7(18)6(17)4(1-16)19-10;1-11-3-2-5(6(9)10)7-4-8/h2-4,6-7,10,16-18H,1H2,(H2,11,12,13);4-5H,2-3H2,1H3,(H,7,8)(H,9,10)/t4-,6-,7-,10-;/m1./s1. The Labute approximate surface area is 175 Å². The van der Waals surface area contributed by atoms with E-state index in [0.29, 0.717) is 24.0 Å². The van der Waals surface area contributed by atoms with Crippen molar-refractivity contribution in [3.8, 4) is 0 Å². The van der Waals surface area contributed by atoms with E-state index in [9.17, 15) is 19.8 Å². The van der Waals surface area contributed by atoms with Crippen molar-refractivity contribution >= 4 is 41.1 Å². The van der Waals surface area contributed by atoms with Crippen LogP contribution in [0.3, 0.4) is 0 Å². The van der Waals surface area contributed by atoms with E-state index in [1.54, 1.807) is 11.8 Å². The van der Waals surface area contributed by atoms with Crippen molar-refractivity contribution in [3.63, 3.8) is 0 Å². The van der Waals surface area contributed by atoms with Crippen LogP contribution in [-0.4, -0.2) is 95.3 Å². The molecule has 1 unspecified atom stereocenters. The molecule has 0 aliphatic carbocycles. The molecule has 0 spiro atoms. The zero-order valence-corrected chi connectivity index (χ0v) is 16.8. The number of anilines is 1. The summed E-state index contributed by atoms with van der Waals surface area (Å²) in [5.41, 5.74) is 6.44. The van der Waals surface area contributed by atoms with Crippen molar-refractivity contribution in [2.24, 2.45) is 0 Å². The lowest BCUT2D eigenvalue weighted by molar-refractivity contribution is -0.140. The molecule has 1 aliphatic heterocycles. The highest BCUT2D eigenvalue weighted by Gasteiger charge is 2.43. The molecule has 3 heterocycles. The number of hydrogen-bond donors (Lipinski definition) is 6. The first kappa shape index (κ1) is 23.8. The van der Waals surface area contributed by atoms with E-state index in [1.165, 1.54) is 17.2 Å². The highest BCUT2D eigenvalue weighted by atomic mass is 32.2. The van der Waals surface area contributed by atoms with Crippen LogP contribution in [0.4, 0.5) is 5.82 Å². The summed E-state index contributed by atoms with van der Waals surface area (Å²) < 4.78 is 6.85. The van der Waals surface area contributed by atoms with Crippen molar-refractivity contribution in [2.75, 3.05) is 24.3 Å². The Morgan fingerprint density at radius 2 is 2.13 bits per heavy atom. The van der Waals surface area contributed by atoms with E-state index < -0.39 is 43.2 Å². The topological polar surface area (TPSA) is 206 Å². The fourth-order valence-corrected chi connectivity index (χ4v) is 3.23. The van der Waals surface area contributed by atoms with E-state index in [1.807, 2.05) is 6.26 Å². The number of ether oxygens (including phenoxy) is 1. The Hall–Kier alpha value is -2.52. The number of nitrogens with two attached hydrogens (primary N) is 1. The minimum atomic E-state index is -1.19. The Morgan fingerprint density at radius 1 is 1.40 bits per heavy atom. The Bertz CT molecular complexity index is 853. The third-order valence-electron chi connectivity index (χ3n) is 4.36. The highest BCUT2D eigenvalue weighted by molar-refractivity contribution is 7.98. The summed E-state index contributed by atoms with van der Waals surface area (Å²) in [6.45, 7) is -0.390. The van der Waals surface area contributed by atoms with Gasteiger partial charge < -0.3 is 36.2 Å². The number of nitrogens with zero attached hydrogens (tertiary/aromatic N) is 4. The first-order chi connectivity index (χ1) is 14.3. The van der Waals surface area contributed by atoms with Crippen LogP contribution in [0.15, 0.2) is 12.7 Å². The monoisotopic (exact) mass is 444 g/mol. The van der Waals surface area contributed by atoms with E-state index >= 15 is 0 Å². The molecule has 3 rings (SSSR count). The van der Waals surface area contributed by atoms with Gasteiger partial charge in [-0.2, -0.15) is 11.8 Å². The molecule has 1 aliphatic rings.